The van der Waals surface area contributed by atoms with Gasteiger partial charge in [0.15, 0.2) is 6.61 Å². The van der Waals surface area contributed by atoms with Crippen molar-refractivity contribution in [3.05, 3.63) is 58.6 Å². The summed E-state index contributed by atoms with van der Waals surface area (Å²) >= 11 is 6.25. The molecule has 2 aromatic rings. The molecule has 0 radical (unpaired) electrons. The van der Waals surface area contributed by atoms with Gasteiger partial charge in [-0.25, -0.2) is 9.69 Å². The topological polar surface area (TPSA) is 149 Å². The molecule has 224 valence electrons. The lowest BCUT2D eigenvalue weighted by Crippen LogP contribution is -2.50. The second kappa shape index (κ2) is 15.9. The summed E-state index contributed by atoms with van der Waals surface area (Å²) in [7, 11) is 0. The van der Waals surface area contributed by atoms with E-state index < -0.39 is 35.8 Å². The van der Waals surface area contributed by atoms with E-state index in [0.717, 1.165) is 10.5 Å². The summed E-state index contributed by atoms with van der Waals surface area (Å²) in [6.07, 6.45) is 0. The van der Waals surface area contributed by atoms with Gasteiger partial charge >= 0.3 is 6.03 Å². The lowest BCUT2D eigenvalue weighted by Gasteiger charge is -2.27. The van der Waals surface area contributed by atoms with Crippen LogP contribution >= 0.6 is 11.6 Å². The number of ether oxygens (including phenoxy) is 1. The normalized spacial score (nSPS) is 15.1. The van der Waals surface area contributed by atoms with E-state index >= 15 is 0 Å². The molecule has 1 aliphatic heterocycles. The molecule has 1 aliphatic rings. The number of nitrogens with one attached hydrogen (secondary N) is 2. The Labute approximate surface area is 245 Å². The van der Waals surface area contributed by atoms with Crippen molar-refractivity contribution in [2.24, 2.45) is 5.92 Å². The average molecular weight is 591 g/mol. The van der Waals surface area contributed by atoms with Crippen LogP contribution in [0.2, 0.25) is 5.02 Å². The predicted molar refractivity (Wildman–Crippen MR) is 156 cm³/mol. The minimum absolute atomic E-state index is 0.0785. The van der Waals surface area contributed by atoms with Crippen LogP contribution in [0.15, 0.2) is 42.5 Å². The molecule has 0 aromatic heterocycles. The van der Waals surface area contributed by atoms with Gasteiger partial charge in [0.25, 0.3) is 11.8 Å². The minimum atomic E-state index is -1.07. The smallest absolute Gasteiger partial charge is 0.325 e. The molecule has 4 N–H and O–H groups in total. The molecule has 1 fully saturated rings. The molecular weight excluding hydrogens is 552 g/mol. The van der Waals surface area contributed by atoms with Crippen LogP contribution in [0.1, 0.15) is 44.9 Å². The highest BCUT2D eigenvalue weighted by Gasteiger charge is 2.46. The number of amides is 5. The van der Waals surface area contributed by atoms with Crippen molar-refractivity contribution in [1.82, 2.24) is 15.1 Å². The first-order valence-electron chi connectivity index (χ1n) is 13.5. The Bertz CT molecular complexity index is 1200. The van der Waals surface area contributed by atoms with E-state index in [0.29, 0.717) is 22.0 Å². The molecule has 11 nitrogen and oxygen atoms in total. The fourth-order valence-electron chi connectivity index (χ4n) is 4.23. The number of hydrogen-bond donors (Lipinski definition) is 4. The second-order valence-electron chi connectivity index (χ2n) is 9.44. The van der Waals surface area contributed by atoms with E-state index in [9.17, 15) is 19.2 Å². The van der Waals surface area contributed by atoms with Crippen molar-refractivity contribution in [3.63, 3.8) is 0 Å². The van der Waals surface area contributed by atoms with Crippen molar-refractivity contribution < 1.29 is 34.1 Å². The Morgan fingerprint density at radius 3 is 2.22 bits per heavy atom. The Balaban J connectivity index is 0.00000287. The summed E-state index contributed by atoms with van der Waals surface area (Å²) in [5, 5.41) is 23.8. The van der Waals surface area contributed by atoms with Crippen LogP contribution in [0.25, 0.3) is 0 Å². The van der Waals surface area contributed by atoms with Gasteiger partial charge < -0.3 is 30.5 Å². The predicted octanol–water partition coefficient (Wildman–Crippen LogP) is 3.12. The molecule has 1 saturated heterocycles. The van der Waals surface area contributed by atoms with E-state index in [1.54, 1.807) is 56.3 Å². The summed E-state index contributed by atoms with van der Waals surface area (Å²) in [4.78, 5) is 53.9. The monoisotopic (exact) mass is 590 g/mol. The number of halogens is 1. The molecule has 3 rings (SSSR count). The SMILES string of the molecule is CC.Cc1ccc(NC(=O)C(C(C)C)N2C(=O)N[C@H](c3ccc(OCC(=O)N(CCO)CCO)cc3)C2=O)c(Cl)c1. The Kier molecular flexibility index (Phi) is 13.0. The number of benzene rings is 2. The summed E-state index contributed by atoms with van der Waals surface area (Å²) in [5.41, 5.74) is 1.77. The van der Waals surface area contributed by atoms with E-state index in [2.05, 4.69) is 10.6 Å². The van der Waals surface area contributed by atoms with Crippen LogP contribution < -0.4 is 15.4 Å². The first-order valence-corrected chi connectivity index (χ1v) is 13.9. The maximum Gasteiger partial charge on any atom is 0.325 e. The van der Waals surface area contributed by atoms with Gasteiger partial charge in [0.05, 0.1) is 23.9 Å². The van der Waals surface area contributed by atoms with E-state index in [1.807, 2.05) is 20.8 Å². The van der Waals surface area contributed by atoms with E-state index in [4.69, 9.17) is 26.6 Å². The third-order valence-electron chi connectivity index (χ3n) is 6.20. The third-order valence-corrected chi connectivity index (χ3v) is 6.51. The third kappa shape index (κ3) is 8.66. The highest BCUT2D eigenvalue weighted by Crippen LogP contribution is 2.29. The number of urea groups is 1. The van der Waals surface area contributed by atoms with Crippen LogP contribution in [-0.2, 0) is 14.4 Å². The number of aliphatic hydroxyl groups excluding tert-OH is 2. The fraction of sp³-hybridized carbons (Fsp3) is 0.448. The average Bonchev–Trinajstić information content (AvgIpc) is 3.23. The number of carbonyl (C=O) groups excluding carboxylic acids is 4. The summed E-state index contributed by atoms with van der Waals surface area (Å²) in [6.45, 7) is 8.73. The molecular formula is C29H39ClN4O7. The van der Waals surface area contributed by atoms with Crippen LogP contribution in [0.3, 0.4) is 0 Å². The van der Waals surface area contributed by atoms with Crippen LogP contribution in [0, 0.1) is 12.8 Å². The van der Waals surface area contributed by atoms with Gasteiger partial charge in [-0.2, -0.15) is 0 Å². The van der Waals surface area contributed by atoms with Gasteiger partial charge in [0.1, 0.15) is 17.8 Å². The minimum Gasteiger partial charge on any atom is -0.484 e. The van der Waals surface area contributed by atoms with Gasteiger partial charge in [0.2, 0.25) is 5.91 Å². The summed E-state index contributed by atoms with van der Waals surface area (Å²) in [6, 6.07) is 8.67. The highest BCUT2D eigenvalue weighted by atomic mass is 35.5. The quantitative estimate of drug-likeness (QED) is 0.278. The number of imide groups is 1. The van der Waals surface area contributed by atoms with E-state index in [1.165, 1.54) is 4.90 Å². The zero-order valence-corrected chi connectivity index (χ0v) is 24.8. The number of aryl methyl sites for hydroxylation is 1. The van der Waals surface area contributed by atoms with Crippen molar-refractivity contribution in [3.8, 4) is 5.75 Å². The van der Waals surface area contributed by atoms with Gasteiger partial charge in [-0.15, -0.1) is 0 Å². The standard InChI is InChI=1S/C27H33ClN4O7.C2H6/c1-16(2)24(25(36)29-21-9-4-17(3)14-20(21)28)32-26(37)23(30-27(32)38)18-5-7-19(8-6-18)39-15-22(35)31(10-12-33)11-13-34;1-2/h4-9,14,16,23-24,33-34H,10-13,15H2,1-3H3,(H,29,36)(H,30,38);1-2H3/t23-,24?;/m1./s1. The van der Waals surface area contributed by atoms with Crippen molar-refractivity contribution in [2.45, 2.75) is 46.7 Å². The van der Waals surface area contributed by atoms with Gasteiger partial charge in [-0.1, -0.05) is 57.5 Å². The molecule has 0 aliphatic carbocycles. The Hall–Kier alpha value is -3.67. The van der Waals surface area contributed by atoms with Crippen molar-refractivity contribution in [1.29, 1.82) is 0 Å². The lowest BCUT2D eigenvalue weighted by atomic mass is 10.00. The van der Waals surface area contributed by atoms with Crippen LogP contribution in [0.5, 0.6) is 5.75 Å². The van der Waals surface area contributed by atoms with Crippen molar-refractivity contribution >= 4 is 41.0 Å². The highest BCUT2D eigenvalue weighted by molar-refractivity contribution is 6.33. The Morgan fingerprint density at radius 2 is 1.68 bits per heavy atom. The van der Waals surface area contributed by atoms with Gasteiger partial charge in [0, 0.05) is 13.1 Å². The molecule has 2 atom stereocenters. The summed E-state index contributed by atoms with van der Waals surface area (Å²) in [5.74, 6) is -1.54. The summed E-state index contributed by atoms with van der Waals surface area (Å²) < 4.78 is 5.50. The Morgan fingerprint density at radius 1 is 1.07 bits per heavy atom. The molecule has 5 amide bonds. The molecule has 2 aromatic carbocycles. The maximum atomic E-state index is 13.3. The molecule has 1 unspecified atom stereocenters. The fourth-order valence-corrected chi connectivity index (χ4v) is 4.51. The number of rotatable bonds is 12. The number of aliphatic hydroxyl groups is 2. The number of anilines is 1. The van der Waals surface area contributed by atoms with Gasteiger partial charge in [-0.3, -0.25) is 14.4 Å². The molecule has 0 spiro atoms. The second-order valence-corrected chi connectivity index (χ2v) is 9.85. The van der Waals surface area contributed by atoms with Crippen LogP contribution in [0.4, 0.5) is 10.5 Å². The molecule has 0 saturated carbocycles. The zero-order chi connectivity index (χ0) is 30.7. The zero-order valence-electron chi connectivity index (χ0n) is 24.0. The number of carbonyl (C=O) groups is 4. The van der Waals surface area contributed by atoms with E-state index in [-0.39, 0.29) is 38.8 Å². The largest absolute Gasteiger partial charge is 0.484 e. The van der Waals surface area contributed by atoms with Crippen LogP contribution in [-0.4, -0.2) is 82.7 Å². The molecule has 41 heavy (non-hydrogen) atoms. The number of nitrogens with zero attached hydrogens (tertiary/aromatic N) is 2. The lowest BCUT2D eigenvalue weighted by molar-refractivity contribution is -0.135. The molecule has 0 bridgehead atoms. The van der Waals surface area contributed by atoms with Gasteiger partial charge in [-0.05, 0) is 48.2 Å². The molecule has 12 heteroatoms. The maximum absolute atomic E-state index is 13.3. The first-order chi connectivity index (χ1) is 19.6. The van der Waals surface area contributed by atoms with Crippen molar-refractivity contribution in [2.75, 3.05) is 38.2 Å². The number of hydrogen-bond acceptors (Lipinski definition) is 7. The molecule has 1 heterocycles. The first kappa shape index (κ1) is 33.5.